The van der Waals surface area contributed by atoms with Crippen LogP contribution in [0, 0.1) is 12.3 Å². The summed E-state index contributed by atoms with van der Waals surface area (Å²) >= 11 is 0. The van der Waals surface area contributed by atoms with Gasteiger partial charge in [0.1, 0.15) is 0 Å². The molecule has 0 aromatic heterocycles. The van der Waals surface area contributed by atoms with Gasteiger partial charge in [0.15, 0.2) is 0 Å². The van der Waals surface area contributed by atoms with E-state index in [1.807, 2.05) is 13.8 Å². The van der Waals surface area contributed by atoms with Gasteiger partial charge in [0, 0.05) is 13.1 Å². The molecule has 0 atom stereocenters. The van der Waals surface area contributed by atoms with Crippen LogP contribution in [0.2, 0.25) is 0 Å². The van der Waals surface area contributed by atoms with Gasteiger partial charge in [0.25, 0.3) is 0 Å². The lowest BCUT2D eigenvalue weighted by Gasteiger charge is -2.20. The smallest absolute Gasteiger partial charge is 0.335 e. The molecule has 1 aromatic carbocycles. The molecular formula is C14H19NO4S. The zero-order valence-corrected chi connectivity index (χ0v) is 12.7. The van der Waals surface area contributed by atoms with Gasteiger partial charge in [-0.15, -0.1) is 0 Å². The van der Waals surface area contributed by atoms with Crippen LogP contribution in [0.4, 0.5) is 0 Å². The van der Waals surface area contributed by atoms with Crippen LogP contribution in [0.15, 0.2) is 23.1 Å². The number of sulfonamides is 1. The molecule has 0 radical (unpaired) electrons. The third kappa shape index (κ3) is 2.71. The van der Waals surface area contributed by atoms with Gasteiger partial charge in [0.05, 0.1) is 10.5 Å². The number of benzene rings is 1. The second-order valence-corrected chi connectivity index (χ2v) is 7.94. The number of carboxylic acid groups (broad SMARTS) is 1. The van der Waals surface area contributed by atoms with Crippen molar-refractivity contribution in [2.24, 2.45) is 5.41 Å². The fraction of sp³-hybridized carbons (Fsp3) is 0.500. The number of hydrogen-bond donors (Lipinski definition) is 1. The maximum Gasteiger partial charge on any atom is 0.335 e. The molecule has 0 bridgehead atoms. The van der Waals surface area contributed by atoms with E-state index in [0.717, 1.165) is 6.42 Å². The summed E-state index contributed by atoms with van der Waals surface area (Å²) in [5.41, 5.74) is 0.526. The van der Waals surface area contributed by atoms with Crippen molar-refractivity contribution in [2.75, 3.05) is 13.1 Å². The van der Waals surface area contributed by atoms with E-state index in [0.29, 0.717) is 18.7 Å². The minimum Gasteiger partial charge on any atom is -0.478 e. The normalized spacial score (nSPS) is 19.1. The number of rotatable bonds is 3. The van der Waals surface area contributed by atoms with E-state index in [1.54, 1.807) is 6.92 Å². The van der Waals surface area contributed by atoms with E-state index in [4.69, 9.17) is 5.11 Å². The molecule has 1 aromatic rings. The number of aromatic carboxylic acids is 1. The number of carbonyl (C=O) groups is 1. The fourth-order valence-electron chi connectivity index (χ4n) is 2.42. The molecule has 0 unspecified atom stereocenters. The molecule has 1 heterocycles. The lowest BCUT2D eigenvalue weighted by atomic mass is 9.93. The molecular weight excluding hydrogens is 278 g/mol. The van der Waals surface area contributed by atoms with E-state index >= 15 is 0 Å². The summed E-state index contributed by atoms with van der Waals surface area (Å²) in [4.78, 5) is 11.1. The summed E-state index contributed by atoms with van der Waals surface area (Å²) in [5, 5.41) is 9.01. The molecule has 0 aliphatic carbocycles. The Morgan fingerprint density at radius 3 is 2.50 bits per heavy atom. The number of carboxylic acids is 1. The molecule has 0 saturated carbocycles. The molecule has 5 nitrogen and oxygen atoms in total. The van der Waals surface area contributed by atoms with E-state index in [-0.39, 0.29) is 15.9 Å². The maximum atomic E-state index is 12.7. The molecule has 2 rings (SSSR count). The first-order valence-corrected chi connectivity index (χ1v) is 7.92. The van der Waals surface area contributed by atoms with E-state index in [1.165, 1.54) is 22.5 Å². The predicted octanol–water partition coefficient (Wildman–Crippen LogP) is 2.11. The number of nitrogens with zero attached hydrogens (tertiary/aromatic N) is 1. The third-order valence-electron chi connectivity index (χ3n) is 3.70. The highest BCUT2D eigenvalue weighted by Crippen LogP contribution is 2.33. The zero-order chi connectivity index (χ0) is 15.1. The second-order valence-electron chi connectivity index (χ2n) is 6.04. The summed E-state index contributed by atoms with van der Waals surface area (Å²) in [6.45, 7) is 6.68. The first-order chi connectivity index (χ1) is 9.13. The van der Waals surface area contributed by atoms with Crippen molar-refractivity contribution < 1.29 is 18.3 Å². The van der Waals surface area contributed by atoms with Gasteiger partial charge in [-0.25, -0.2) is 13.2 Å². The molecule has 20 heavy (non-hydrogen) atoms. The summed E-state index contributed by atoms with van der Waals surface area (Å²) in [7, 11) is -3.63. The maximum absolute atomic E-state index is 12.7. The van der Waals surface area contributed by atoms with Crippen molar-refractivity contribution in [1.29, 1.82) is 0 Å². The van der Waals surface area contributed by atoms with E-state index in [2.05, 4.69) is 0 Å². The van der Waals surface area contributed by atoms with Crippen LogP contribution < -0.4 is 0 Å². The highest BCUT2D eigenvalue weighted by atomic mass is 32.2. The summed E-state index contributed by atoms with van der Waals surface area (Å²) in [6, 6.07) is 4.21. The van der Waals surface area contributed by atoms with Crippen molar-refractivity contribution >= 4 is 16.0 Å². The Morgan fingerprint density at radius 2 is 2.00 bits per heavy atom. The number of hydrogen-bond acceptors (Lipinski definition) is 3. The largest absolute Gasteiger partial charge is 0.478 e. The van der Waals surface area contributed by atoms with Crippen LogP contribution in [-0.4, -0.2) is 36.9 Å². The lowest BCUT2D eigenvalue weighted by molar-refractivity contribution is 0.0696. The van der Waals surface area contributed by atoms with Gasteiger partial charge in [0.2, 0.25) is 10.0 Å². The molecule has 0 spiro atoms. The minimum atomic E-state index is -3.63. The Bertz CT molecular complexity index is 649. The molecule has 1 aliphatic heterocycles. The Kier molecular flexibility index (Phi) is 3.64. The second kappa shape index (κ2) is 4.86. The lowest BCUT2D eigenvalue weighted by Crippen LogP contribution is -2.31. The topological polar surface area (TPSA) is 74.7 Å². The van der Waals surface area contributed by atoms with E-state index in [9.17, 15) is 13.2 Å². The molecule has 1 N–H and O–H groups in total. The highest BCUT2D eigenvalue weighted by molar-refractivity contribution is 7.89. The van der Waals surface area contributed by atoms with Gasteiger partial charge in [-0.3, -0.25) is 0 Å². The predicted molar refractivity (Wildman–Crippen MR) is 75.3 cm³/mol. The zero-order valence-electron chi connectivity index (χ0n) is 11.9. The standard InChI is InChI=1S/C14H19NO4S/c1-10-4-5-11(13(16)17)8-12(10)20(18,19)15-7-6-14(2,3)9-15/h4-5,8H,6-7,9H2,1-3H3,(H,16,17). The molecule has 0 amide bonds. The number of aryl methyl sites for hydroxylation is 1. The van der Waals surface area contributed by atoms with Crippen LogP contribution in [0.25, 0.3) is 0 Å². The molecule has 1 fully saturated rings. The summed E-state index contributed by atoms with van der Waals surface area (Å²) < 4.78 is 26.7. The average molecular weight is 297 g/mol. The van der Waals surface area contributed by atoms with Gasteiger partial charge >= 0.3 is 5.97 Å². The molecule has 6 heteroatoms. The monoisotopic (exact) mass is 297 g/mol. The Balaban J connectivity index is 2.45. The Labute approximate surface area is 119 Å². The van der Waals surface area contributed by atoms with Crippen molar-refractivity contribution in [3.05, 3.63) is 29.3 Å². The van der Waals surface area contributed by atoms with Crippen molar-refractivity contribution in [1.82, 2.24) is 4.31 Å². The Morgan fingerprint density at radius 1 is 1.35 bits per heavy atom. The van der Waals surface area contributed by atoms with Crippen molar-refractivity contribution in [2.45, 2.75) is 32.1 Å². The van der Waals surface area contributed by atoms with Crippen LogP contribution >= 0.6 is 0 Å². The van der Waals surface area contributed by atoms with Crippen molar-refractivity contribution in [3.63, 3.8) is 0 Å². The van der Waals surface area contributed by atoms with Crippen molar-refractivity contribution in [3.8, 4) is 0 Å². The molecule has 110 valence electrons. The average Bonchev–Trinajstić information content (AvgIpc) is 2.70. The highest BCUT2D eigenvalue weighted by Gasteiger charge is 2.37. The third-order valence-corrected chi connectivity index (χ3v) is 5.68. The van der Waals surface area contributed by atoms with Crippen LogP contribution in [0.3, 0.4) is 0 Å². The molecule has 1 aliphatic rings. The van der Waals surface area contributed by atoms with Crippen LogP contribution in [-0.2, 0) is 10.0 Å². The van der Waals surface area contributed by atoms with Gasteiger partial charge in [-0.05, 0) is 36.5 Å². The summed E-state index contributed by atoms with van der Waals surface area (Å²) in [6.07, 6.45) is 0.809. The quantitative estimate of drug-likeness (QED) is 0.927. The van der Waals surface area contributed by atoms with Gasteiger partial charge in [-0.2, -0.15) is 4.31 Å². The summed E-state index contributed by atoms with van der Waals surface area (Å²) in [5.74, 6) is -1.12. The minimum absolute atomic E-state index is 0.00682. The SMILES string of the molecule is Cc1ccc(C(=O)O)cc1S(=O)(=O)N1CCC(C)(C)C1. The molecule has 1 saturated heterocycles. The Hall–Kier alpha value is -1.40. The fourth-order valence-corrected chi connectivity index (χ4v) is 4.30. The van der Waals surface area contributed by atoms with Crippen LogP contribution in [0.5, 0.6) is 0 Å². The first-order valence-electron chi connectivity index (χ1n) is 6.48. The van der Waals surface area contributed by atoms with Gasteiger partial charge in [-0.1, -0.05) is 19.9 Å². The van der Waals surface area contributed by atoms with Crippen LogP contribution in [0.1, 0.15) is 36.2 Å². The first kappa shape index (κ1) is 15.0. The van der Waals surface area contributed by atoms with E-state index < -0.39 is 16.0 Å². The van der Waals surface area contributed by atoms with Gasteiger partial charge < -0.3 is 5.11 Å².